The van der Waals surface area contributed by atoms with Crippen LogP contribution in [0.5, 0.6) is 5.75 Å². The second kappa shape index (κ2) is 3.57. The number of cyclic esters (lactones) is 1. The number of phenolic OH excluding ortho intramolecular Hbond substituents is 1. The standard InChI is InChI=1S/C11H9NO3/c1-7-12-9(11(14)15-7)6-8-4-2-3-5-10(8)13/h2-6,13H,1H3/b9-6+. The molecule has 0 radical (unpaired) electrons. The van der Waals surface area contributed by atoms with E-state index in [0.717, 1.165) is 0 Å². The highest BCUT2D eigenvalue weighted by molar-refractivity contribution is 6.06. The molecule has 1 aliphatic rings. The monoisotopic (exact) mass is 203 g/mol. The van der Waals surface area contributed by atoms with Crippen LogP contribution in [0.4, 0.5) is 0 Å². The van der Waals surface area contributed by atoms with Gasteiger partial charge in [0.15, 0.2) is 11.6 Å². The number of aromatic hydroxyl groups is 1. The number of esters is 1. The minimum atomic E-state index is -0.490. The summed E-state index contributed by atoms with van der Waals surface area (Å²) in [7, 11) is 0. The van der Waals surface area contributed by atoms with Crippen molar-refractivity contribution in [1.82, 2.24) is 0 Å². The second-order valence-corrected chi connectivity index (χ2v) is 3.11. The Labute approximate surface area is 86.5 Å². The van der Waals surface area contributed by atoms with Gasteiger partial charge in [-0.2, -0.15) is 0 Å². The summed E-state index contributed by atoms with van der Waals surface area (Å²) >= 11 is 0. The number of ether oxygens (including phenoxy) is 1. The first kappa shape index (κ1) is 9.45. The van der Waals surface area contributed by atoms with Crippen molar-refractivity contribution in [2.45, 2.75) is 6.92 Å². The van der Waals surface area contributed by atoms with E-state index >= 15 is 0 Å². The van der Waals surface area contributed by atoms with Gasteiger partial charge in [-0.3, -0.25) is 0 Å². The number of phenols is 1. The third-order valence-electron chi connectivity index (χ3n) is 1.96. The van der Waals surface area contributed by atoms with Crippen LogP contribution in [0.25, 0.3) is 6.08 Å². The molecule has 4 nitrogen and oxygen atoms in total. The first-order valence-electron chi connectivity index (χ1n) is 4.44. The van der Waals surface area contributed by atoms with Crippen LogP contribution in [-0.4, -0.2) is 17.0 Å². The zero-order valence-electron chi connectivity index (χ0n) is 8.10. The number of nitrogens with zero attached hydrogens (tertiary/aromatic N) is 1. The Morgan fingerprint density at radius 2 is 2.13 bits per heavy atom. The normalized spacial score (nSPS) is 17.8. The zero-order valence-corrected chi connectivity index (χ0v) is 8.10. The number of para-hydroxylation sites is 1. The molecule has 1 heterocycles. The van der Waals surface area contributed by atoms with Crippen LogP contribution in [0.2, 0.25) is 0 Å². The third-order valence-corrected chi connectivity index (χ3v) is 1.96. The lowest BCUT2D eigenvalue weighted by Gasteiger charge is -1.97. The molecule has 1 N–H and O–H groups in total. The van der Waals surface area contributed by atoms with Gasteiger partial charge in [0.25, 0.3) is 0 Å². The molecule has 1 aromatic rings. The van der Waals surface area contributed by atoms with Crippen LogP contribution in [0, 0.1) is 0 Å². The van der Waals surface area contributed by atoms with E-state index in [9.17, 15) is 9.90 Å². The third kappa shape index (κ3) is 1.88. The van der Waals surface area contributed by atoms with Crippen LogP contribution in [0.1, 0.15) is 12.5 Å². The van der Waals surface area contributed by atoms with Gasteiger partial charge in [0.1, 0.15) is 5.75 Å². The predicted molar refractivity (Wildman–Crippen MR) is 55.3 cm³/mol. The van der Waals surface area contributed by atoms with Crippen LogP contribution in [-0.2, 0) is 9.53 Å². The maximum Gasteiger partial charge on any atom is 0.363 e. The molecule has 4 heteroatoms. The van der Waals surface area contributed by atoms with Crippen molar-refractivity contribution in [3.8, 4) is 5.75 Å². The van der Waals surface area contributed by atoms with E-state index < -0.39 is 5.97 Å². The van der Waals surface area contributed by atoms with Crippen molar-refractivity contribution in [3.63, 3.8) is 0 Å². The van der Waals surface area contributed by atoms with Crippen molar-refractivity contribution in [3.05, 3.63) is 35.5 Å². The maximum absolute atomic E-state index is 11.2. The molecule has 0 saturated heterocycles. The lowest BCUT2D eigenvalue weighted by Crippen LogP contribution is -1.99. The highest BCUT2D eigenvalue weighted by atomic mass is 16.6. The Morgan fingerprint density at radius 1 is 1.40 bits per heavy atom. The fraction of sp³-hybridized carbons (Fsp3) is 0.0909. The minimum absolute atomic E-state index is 0.109. The number of aliphatic imine (C=N–C) groups is 1. The molecule has 0 atom stereocenters. The fourth-order valence-corrected chi connectivity index (χ4v) is 1.27. The number of carbonyl (C=O) groups is 1. The van der Waals surface area contributed by atoms with E-state index in [4.69, 9.17) is 4.74 Å². The molecule has 0 saturated carbocycles. The number of rotatable bonds is 1. The lowest BCUT2D eigenvalue weighted by molar-refractivity contribution is -0.130. The Balaban J connectivity index is 2.39. The second-order valence-electron chi connectivity index (χ2n) is 3.11. The van der Waals surface area contributed by atoms with Crippen molar-refractivity contribution in [2.75, 3.05) is 0 Å². The van der Waals surface area contributed by atoms with Gasteiger partial charge >= 0.3 is 5.97 Å². The summed E-state index contributed by atoms with van der Waals surface area (Å²) in [5.74, 6) is -0.0602. The highest BCUT2D eigenvalue weighted by Gasteiger charge is 2.19. The van der Waals surface area contributed by atoms with Crippen LogP contribution in [0.15, 0.2) is 35.0 Å². The molecule has 0 aromatic heterocycles. The van der Waals surface area contributed by atoms with Crippen LogP contribution in [0.3, 0.4) is 0 Å². The van der Waals surface area contributed by atoms with Gasteiger partial charge in [-0.15, -0.1) is 0 Å². The summed E-state index contributed by atoms with van der Waals surface area (Å²) in [4.78, 5) is 15.1. The fourth-order valence-electron chi connectivity index (χ4n) is 1.27. The molecule has 1 aliphatic heterocycles. The average Bonchev–Trinajstić information content (AvgIpc) is 2.49. The first-order valence-corrected chi connectivity index (χ1v) is 4.44. The summed E-state index contributed by atoms with van der Waals surface area (Å²) in [6.07, 6.45) is 1.49. The van der Waals surface area contributed by atoms with Gasteiger partial charge in [-0.25, -0.2) is 9.79 Å². The quantitative estimate of drug-likeness (QED) is 0.558. The highest BCUT2D eigenvalue weighted by Crippen LogP contribution is 2.21. The molecule has 0 spiro atoms. The summed E-state index contributed by atoms with van der Waals surface area (Å²) < 4.78 is 4.75. The van der Waals surface area contributed by atoms with E-state index in [2.05, 4.69) is 4.99 Å². The molecule has 1 aromatic carbocycles. The number of hydrogen-bond acceptors (Lipinski definition) is 4. The molecular weight excluding hydrogens is 194 g/mol. The SMILES string of the molecule is CC1=N/C(=C/c2ccccc2O)C(=O)O1. The minimum Gasteiger partial charge on any atom is -0.507 e. The van der Waals surface area contributed by atoms with Crippen molar-refractivity contribution in [1.29, 1.82) is 0 Å². The van der Waals surface area contributed by atoms with Gasteiger partial charge in [-0.05, 0) is 12.1 Å². The molecule has 2 rings (SSSR count). The largest absolute Gasteiger partial charge is 0.507 e. The van der Waals surface area contributed by atoms with Crippen molar-refractivity contribution < 1.29 is 14.6 Å². The molecule has 0 fully saturated rings. The molecule has 0 unspecified atom stereocenters. The predicted octanol–water partition coefficient (Wildman–Crippen LogP) is 1.71. The van der Waals surface area contributed by atoms with E-state index in [1.165, 1.54) is 6.08 Å². The molecular formula is C11H9NO3. The van der Waals surface area contributed by atoms with Crippen molar-refractivity contribution >= 4 is 17.9 Å². The van der Waals surface area contributed by atoms with E-state index in [-0.39, 0.29) is 11.4 Å². The Hall–Kier alpha value is -2.10. The lowest BCUT2D eigenvalue weighted by atomic mass is 10.2. The molecule has 0 amide bonds. The summed E-state index contributed by atoms with van der Waals surface area (Å²) in [6, 6.07) is 6.71. The zero-order chi connectivity index (χ0) is 10.8. The van der Waals surface area contributed by atoms with Crippen LogP contribution < -0.4 is 0 Å². The van der Waals surface area contributed by atoms with E-state index in [0.29, 0.717) is 11.5 Å². The van der Waals surface area contributed by atoms with Gasteiger partial charge in [0.2, 0.25) is 0 Å². The molecule has 15 heavy (non-hydrogen) atoms. The van der Waals surface area contributed by atoms with Crippen LogP contribution >= 0.6 is 0 Å². The summed E-state index contributed by atoms with van der Waals surface area (Å²) in [6.45, 7) is 1.60. The first-order chi connectivity index (χ1) is 7.16. The smallest absolute Gasteiger partial charge is 0.363 e. The Kier molecular flexibility index (Phi) is 2.25. The summed E-state index contributed by atoms with van der Waals surface area (Å²) in [5.41, 5.74) is 0.747. The number of benzene rings is 1. The maximum atomic E-state index is 11.2. The van der Waals surface area contributed by atoms with Gasteiger partial charge in [0, 0.05) is 12.5 Å². The van der Waals surface area contributed by atoms with Gasteiger partial charge < -0.3 is 9.84 Å². The Morgan fingerprint density at radius 3 is 2.73 bits per heavy atom. The molecule has 0 aliphatic carbocycles. The van der Waals surface area contributed by atoms with Gasteiger partial charge in [0.05, 0.1) is 0 Å². The van der Waals surface area contributed by atoms with E-state index in [1.807, 2.05) is 0 Å². The summed E-state index contributed by atoms with van der Waals surface area (Å²) in [5, 5.41) is 9.48. The topological polar surface area (TPSA) is 58.9 Å². The Bertz CT molecular complexity index is 474. The number of carbonyl (C=O) groups excluding carboxylic acids is 1. The van der Waals surface area contributed by atoms with Gasteiger partial charge in [-0.1, -0.05) is 18.2 Å². The number of hydrogen-bond donors (Lipinski definition) is 1. The molecule has 0 bridgehead atoms. The van der Waals surface area contributed by atoms with E-state index in [1.54, 1.807) is 31.2 Å². The van der Waals surface area contributed by atoms with Crippen molar-refractivity contribution in [2.24, 2.45) is 4.99 Å². The average molecular weight is 203 g/mol. The molecule has 76 valence electrons.